The zero-order valence-electron chi connectivity index (χ0n) is 8.75. The number of aromatic nitrogens is 1. The largest absolute Gasteiger partial charge is 0.346 e. The highest BCUT2D eigenvalue weighted by Crippen LogP contribution is 2.18. The first-order valence-electron chi connectivity index (χ1n) is 5.02. The first kappa shape index (κ1) is 9.28. The molecular formula is C12H16N2. The Labute approximate surface area is 84.5 Å². The second-order valence-corrected chi connectivity index (χ2v) is 3.62. The predicted octanol–water partition coefficient (Wildman–Crippen LogP) is 2.17. The van der Waals surface area contributed by atoms with Gasteiger partial charge in [0.1, 0.15) is 0 Å². The number of fused-ring (bicyclic) bond motifs is 1. The molecular weight excluding hydrogens is 172 g/mol. The average molecular weight is 188 g/mol. The van der Waals surface area contributed by atoms with Crippen molar-refractivity contribution in [2.45, 2.75) is 13.5 Å². The van der Waals surface area contributed by atoms with Gasteiger partial charge in [-0.1, -0.05) is 12.1 Å². The summed E-state index contributed by atoms with van der Waals surface area (Å²) >= 11 is 0. The average Bonchev–Trinajstić information content (AvgIpc) is 2.60. The van der Waals surface area contributed by atoms with Gasteiger partial charge in [-0.3, -0.25) is 0 Å². The van der Waals surface area contributed by atoms with Gasteiger partial charge in [-0.25, -0.2) is 0 Å². The molecule has 0 aliphatic heterocycles. The Hall–Kier alpha value is -1.28. The second-order valence-electron chi connectivity index (χ2n) is 3.62. The molecule has 0 amide bonds. The van der Waals surface area contributed by atoms with Crippen LogP contribution in [-0.2, 0) is 6.54 Å². The van der Waals surface area contributed by atoms with Crippen molar-refractivity contribution in [1.29, 1.82) is 0 Å². The van der Waals surface area contributed by atoms with E-state index < -0.39 is 0 Å². The molecule has 0 atom stereocenters. The van der Waals surface area contributed by atoms with E-state index in [1.165, 1.54) is 16.5 Å². The monoisotopic (exact) mass is 188 g/mol. The fraction of sp³-hybridized carbons (Fsp3) is 0.333. The number of nitrogens with zero attached hydrogens (tertiary/aromatic N) is 1. The lowest BCUT2D eigenvalue weighted by Crippen LogP contribution is -2.14. The van der Waals surface area contributed by atoms with Crippen LogP contribution >= 0.6 is 0 Å². The molecule has 0 saturated heterocycles. The first-order valence-corrected chi connectivity index (χ1v) is 5.02. The molecule has 2 rings (SSSR count). The molecule has 2 aromatic rings. The van der Waals surface area contributed by atoms with E-state index in [0.717, 1.165) is 13.1 Å². The highest BCUT2D eigenvalue weighted by molar-refractivity contribution is 5.83. The van der Waals surface area contributed by atoms with Crippen molar-refractivity contribution in [1.82, 2.24) is 9.88 Å². The van der Waals surface area contributed by atoms with Crippen LogP contribution in [-0.4, -0.2) is 18.2 Å². The summed E-state index contributed by atoms with van der Waals surface area (Å²) in [7, 11) is 1.98. The second kappa shape index (κ2) is 3.84. The van der Waals surface area contributed by atoms with E-state index in [9.17, 15) is 0 Å². The highest BCUT2D eigenvalue weighted by atomic mass is 15.0. The Balaban J connectivity index is 2.42. The van der Waals surface area contributed by atoms with Gasteiger partial charge in [0.15, 0.2) is 0 Å². The Morgan fingerprint density at radius 2 is 2.14 bits per heavy atom. The van der Waals surface area contributed by atoms with Crippen molar-refractivity contribution in [3.05, 3.63) is 36.0 Å². The summed E-state index contributed by atoms with van der Waals surface area (Å²) in [6.45, 7) is 4.20. The molecule has 0 saturated carbocycles. The van der Waals surface area contributed by atoms with Gasteiger partial charge in [0, 0.05) is 30.2 Å². The van der Waals surface area contributed by atoms with E-state index >= 15 is 0 Å². The molecule has 0 unspecified atom stereocenters. The van der Waals surface area contributed by atoms with Crippen LogP contribution in [0, 0.1) is 6.92 Å². The van der Waals surface area contributed by atoms with E-state index in [1.807, 2.05) is 7.05 Å². The molecule has 0 aliphatic carbocycles. The van der Waals surface area contributed by atoms with Crippen LogP contribution in [0.25, 0.3) is 10.9 Å². The molecule has 1 N–H and O–H groups in total. The minimum atomic E-state index is 1.01. The van der Waals surface area contributed by atoms with Crippen molar-refractivity contribution in [3.8, 4) is 0 Å². The maximum absolute atomic E-state index is 3.16. The van der Waals surface area contributed by atoms with Crippen LogP contribution < -0.4 is 5.32 Å². The van der Waals surface area contributed by atoms with Gasteiger partial charge < -0.3 is 9.88 Å². The van der Waals surface area contributed by atoms with Crippen LogP contribution in [0.4, 0.5) is 0 Å². The highest BCUT2D eigenvalue weighted by Gasteiger charge is 2.01. The summed E-state index contributed by atoms with van der Waals surface area (Å²) < 4.78 is 2.29. The third-order valence-corrected chi connectivity index (χ3v) is 2.63. The van der Waals surface area contributed by atoms with Crippen LogP contribution in [0.15, 0.2) is 30.5 Å². The first-order chi connectivity index (χ1) is 6.83. The maximum atomic E-state index is 3.16. The zero-order valence-corrected chi connectivity index (χ0v) is 8.75. The van der Waals surface area contributed by atoms with E-state index in [4.69, 9.17) is 0 Å². The van der Waals surface area contributed by atoms with Crippen LogP contribution in [0.3, 0.4) is 0 Å². The number of likely N-dealkylation sites (N-methyl/N-ethyl adjacent to an activating group) is 1. The lowest BCUT2D eigenvalue weighted by atomic mass is 10.1. The Morgan fingerprint density at radius 3 is 2.93 bits per heavy atom. The van der Waals surface area contributed by atoms with Crippen LogP contribution in [0.1, 0.15) is 5.56 Å². The summed E-state index contributed by atoms with van der Waals surface area (Å²) in [6.07, 6.45) is 2.16. The Morgan fingerprint density at radius 1 is 1.29 bits per heavy atom. The lowest BCUT2D eigenvalue weighted by molar-refractivity contribution is 0.662. The number of rotatable bonds is 3. The van der Waals surface area contributed by atoms with Gasteiger partial charge in [0.25, 0.3) is 0 Å². The quantitative estimate of drug-likeness (QED) is 0.781. The fourth-order valence-electron chi connectivity index (χ4n) is 1.80. The number of hydrogen-bond acceptors (Lipinski definition) is 1. The standard InChI is InChI=1S/C12H16N2/c1-10-4-3-5-12-11(10)6-8-14(12)9-7-13-2/h3-6,8,13H,7,9H2,1-2H3. The molecule has 2 nitrogen and oxygen atoms in total. The van der Waals surface area contributed by atoms with E-state index in [0.29, 0.717) is 0 Å². The van der Waals surface area contributed by atoms with E-state index in [-0.39, 0.29) is 0 Å². The van der Waals surface area contributed by atoms with Crippen molar-refractivity contribution in [2.24, 2.45) is 0 Å². The molecule has 1 aromatic carbocycles. The third-order valence-electron chi connectivity index (χ3n) is 2.63. The number of benzene rings is 1. The normalized spacial score (nSPS) is 11.0. The van der Waals surface area contributed by atoms with Gasteiger partial charge in [0.2, 0.25) is 0 Å². The predicted molar refractivity (Wildman–Crippen MR) is 60.6 cm³/mol. The van der Waals surface area contributed by atoms with Crippen LogP contribution in [0.2, 0.25) is 0 Å². The SMILES string of the molecule is CNCCn1ccc2c(C)cccc21. The van der Waals surface area contributed by atoms with Gasteiger partial charge in [-0.05, 0) is 31.7 Å². The molecule has 0 fully saturated rings. The van der Waals surface area contributed by atoms with Crippen molar-refractivity contribution < 1.29 is 0 Å². The van der Waals surface area contributed by atoms with Crippen molar-refractivity contribution >= 4 is 10.9 Å². The number of nitrogens with one attached hydrogen (secondary N) is 1. The molecule has 14 heavy (non-hydrogen) atoms. The lowest BCUT2D eigenvalue weighted by Gasteiger charge is -2.04. The summed E-state index contributed by atoms with van der Waals surface area (Å²) in [5.74, 6) is 0. The fourth-order valence-corrected chi connectivity index (χ4v) is 1.80. The Bertz CT molecular complexity index is 429. The van der Waals surface area contributed by atoms with E-state index in [2.05, 4.69) is 47.3 Å². The number of hydrogen-bond donors (Lipinski definition) is 1. The van der Waals surface area contributed by atoms with Gasteiger partial charge in [-0.15, -0.1) is 0 Å². The molecule has 0 radical (unpaired) electrons. The summed E-state index contributed by atoms with van der Waals surface area (Å²) in [5, 5.41) is 4.53. The van der Waals surface area contributed by atoms with Crippen molar-refractivity contribution in [3.63, 3.8) is 0 Å². The molecule has 1 aromatic heterocycles. The maximum Gasteiger partial charge on any atom is 0.0483 e. The minimum absolute atomic E-state index is 1.01. The molecule has 2 heteroatoms. The molecule has 1 heterocycles. The molecule has 0 spiro atoms. The molecule has 0 bridgehead atoms. The Kier molecular flexibility index (Phi) is 2.55. The topological polar surface area (TPSA) is 17.0 Å². The summed E-state index contributed by atoms with van der Waals surface area (Å²) in [5.41, 5.74) is 2.69. The van der Waals surface area contributed by atoms with E-state index in [1.54, 1.807) is 0 Å². The van der Waals surface area contributed by atoms with Gasteiger partial charge in [0.05, 0.1) is 0 Å². The number of aryl methyl sites for hydroxylation is 1. The molecule has 74 valence electrons. The van der Waals surface area contributed by atoms with Gasteiger partial charge in [-0.2, -0.15) is 0 Å². The smallest absolute Gasteiger partial charge is 0.0483 e. The molecule has 0 aliphatic rings. The zero-order chi connectivity index (χ0) is 9.97. The van der Waals surface area contributed by atoms with Gasteiger partial charge >= 0.3 is 0 Å². The van der Waals surface area contributed by atoms with Crippen LogP contribution in [0.5, 0.6) is 0 Å². The van der Waals surface area contributed by atoms with Crippen molar-refractivity contribution in [2.75, 3.05) is 13.6 Å². The minimum Gasteiger partial charge on any atom is -0.346 e. The summed E-state index contributed by atoms with van der Waals surface area (Å²) in [4.78, 5) is 0. The summed E-state index contributed by atoms with van der Waals surface area (Å²) in [6, 6.07) is 8.65. The third kappa shape index (κ3) is 1.53.